The van der Waals surface area contributed by atoms with Crippen molar-refractivity contribution in [2.24, 2.45) is 0 Å². The average molecular weight is 640 g/mol. The molecule has 2 aromatic carbocycles. The highest BCUT2D eigenvalue weighted by atomic mass is 32.2. The smallest absolute Gasteiger partial charge is 0.318 e. The molecule has 10 nitrogen and oxygen atoms in total. The summed E-state index contributed by atoms with van der Waals surface area (Å²) in [5, 5.41) is 12.9. The van der Waals surface area contributed by atoms with Gasteiger partial charge in [-0.2, -0.15) is 0 Å². The third-order valence-corrected chi connectivity index (χ3v) is 8.05. The van der Waals surface area contributed by atoms with Crippen LogP contribution in [0.15, 0.2) is 42.5 Å². The van der Waals surface area contributed by atoms with Crippen LogP contribution in [0, 0.1) is 0 Å². The third kappa shape index (κ3) is 9.04. The number of ether oxygens (including phenoxy) is 2. The zero-order chi connectivity index (χ0) is 32.7. The normalized spacial score (nSPS) is 16.6. The highest BCUT2D eigenvalue weighted by Gasteiger charge is 2.62. The first-order chi connectivity index (χ1) is 20.6. The number of sulfonamides is 1. The fourth-order valence-electron chi connectivity index (χ4n) is 5.41. The van der Waals surface area contributed by atoms with Crippen LogP contribution in [0.5, 0.6) is 11.5 Å². The van der Waals surface area contributed by atoms with E-state index in [9.17, 15) is 31.9 Å². The van der Waals surface area contributed by atoms with Gasteiger partial charge in [0.1, 0.15) is 17.0 Å². The molecule has 1 saturated carbocycles. The summed E-state index contributed by atoms with van der Waals surface area (Å²) in [6.07, 6.45) is -0.217. The standard InChI is InChI=1S/C31H43F2N3O7S/c1-6-42-25-17-24(18-26(43-7-2)27(25)22(4)37)21(3)36(16-12-11-15-23-13-9-8-10-14-23)29(39)34-30(19-31(32,33)20-30)28(38)35-44(5,40)41/h8-10,13-14,17-18,21-22,37H,6-7,11-12,15-16,19-20H2,1-5H3,(H,34,39)(H,35,38). The molecular weight excluding hydrogens is 596 g/mol. The van der Waals surface area contributed by atoms with Crippen LogP contribution in [0.3, 0.4) is 0 Å². The van der Waals surface area contributed by atoms with E-state index in [-0.39, 0.29) is 6.54 Å². The maximum atomic E-state index is 14.1. The fourth-order valence-corrected chi connectivity index (χ4v) is 5.94. The molecule has 44 heavy (non-hydrogen) atoms. The average Bonchev–Trinajstić information content (AvgIpc) is 2.91. The summed E-state index contributed by atoms with van der Waals surface area (Å²) >= 11 is 0. The summed E-state index contributed by atoms with van der Waals surface area (Å²) in [5.41, 5.74) is 0.0696. The maximum absolute atomic E-state index is 14.1. The number of carbonyl (C=O) groups is 2. The number of nitrogens with zero attached hydrogens (tertiary/aromatic N) is 1. The molecule has 0 radical (unpaired) electrons. The Balaban J connectivity index is 1.96. The van der Waals surface area contributed by atoms with E-state index in [1.54, 1.807) is 44.5 Å². The molecule has 2 aromatic rings. The highest BCUT2D eigenvalue weighted by molar-refractivity contribution is 7.89. The Hall–Kier alpha value is -3.45. The number of aliphatic hydroxyl groups excluding tert-OH is 1. The number of hydrogen-bond acceptors (Lipinski definition) is 7. The fraction of sp³-hybridized carbons (Fsp3) is 0.548. The quantitative estimate of drug-likeness (QED) is 0.237. The second kappa shape index (κ2) is 14.6. The lowest BCUT2D eigenvalue weighted by Crippen LogP contribution is -2.71. The van der Waals surface area contributed by atoms with Crippen molar-refractivity contribution in [3.8, 4) is 11.5 Å². The number of amides is 3. The molecule has 0 bridgehead atoms. The van der Waals surface area contributed by atoms with Gasteiger partial charge in [-0.05, 0) is 70.2 Å². The summed E-state index contributed by atoms with van der Waals surface area (Å²) < 4.78 is 65.1. The summed E-state index contributed by atoms with van der Waals surface area (Å²) in [6, 6.07) is 11.7. The van der Waals surface area contributed by atoms with Crippen LogP contribution in [0.2, 0.25) is 0 Å². The van der Waals surface area contributed by atoms with E-state index in [0.29, 0.717) is 48.7 Å². The number of nitrogens with one attached hydrogen (secondary N) is 2. The van der Waals surface area contributed by atoms with E-state index in [4.69, 9.17) is 9.47 Å². The predicted octanol–water partition coefficient (Wildman–Crippen LogP) is 4.88. The monoisotopic (exact) mass is 639 g/mol. The number of urea groups is 1. The van der Waals surface area contributed by atoms with Gasteiger partial charge in [-0.3, -0.25) is 9.52 Å². The van der Waals surface area contributed by atoms with Gasteiger partial charge in [-0.25, -0.2) is 22.0 Å². The molecule has 13 heteroatoms. The van der Waals surface area contributed by atoms with E-state index in [0.717, 1.165) is 18.2 Å². The second-order valence-electron chi connectivity index (χ2n) is 11.2. The van der Waals surface area contributed by atoms with E-state index in [1.807, 2.05) is 30.3 Å². The van der Waals surface area contributed by atoms with Gasteiger partial charge in [0.2, 0.25) is 10.0 Å². The zero-order valence-corrected chi connectivity index (χ0v) is 26.7. The maximum Gasteiger partial charge on any atom is 0.318 e. The predicted molar refractivity (Wildman–Crippen MR) is 162 cm³/mol. The number of benzene rings is 2. The van der Waals surface area contributed by atoms with Gasteiger partial charge in [-0.15, -0.1) is 0 Å². The van der Waals surface area contributed by atoms with E-state index >= 15 is 0 Å². The van der Waals surface area contributed by atoms with Crippen molar-refractivity contribution in [3.05, 3.63) is 59.2 Å². The van der Waals surface area contributed by atoms with Crippen LogP contribution in [-0.2, 0) is 21.2 Å². The lowest BCUT2D eigenvalue weighted by Gasteiger charge is -2.47. The first-order valence-corrected chi connectivity index (χ1v) is 16.6. The number of carbonyl (C=O) groups excluding carboxylic acids is 2. The Bertz CT molecular complexity index is 1370. The van der Waals surface area contributed by atoms with Gasteiger partial charge in [0.25, 0.3) is 11.8 Å². The first kappa shape index (κ1) is 35.0. The lowest BCUT2D eigenvalue weighted by molar-refractivity contribution is -0.159. The topological polar surface area (TPSA) is 134 Å². The molecule has 0 aromatic heterocycles. The number of aliphatic hydroxyl groups is 1. The van der Waals surface area contributed by atoms with Gasteiger partial charge >= 0.3 is 6.03 Å². The largest absolute Gasteiger partial charge is 0.493 e. The van der Waals surface area contributed by atoms with Crippen LogP contribution in [-0.4, -0.2) is 67.8 Å². The van der Waals surface area contributed by atoms with Crippen LogP contribution >= 0.6 is 0 Å². The van der Waals surface area contributed by atoms with E-state index in [2.05, 4.69) is 5.32 Å². The molecule has 244 valence electrons. The van der Waals surface area contributed by atoms with E-state index < -0.39 is 58.4 Å². The lowest BCUT2D eigenvalue weighted by atomic mass is 9.73. The van der Waals surface area contributed by atoms with Crippen molar-refractivity contribution in [2.75, 3.05) is 26.0 Å². The molecule has 0 saturated heterocycles. The molecule has 2 unspecified atom stereocenters. The Labute approximate surface area is 258 Å². The van der Waals surface area contributed by atoms with Crippen LogP contribution in [0.1, 0.15) is 82.2 Å². The summed E-state index contributed by atoms with van der Waals surface area (Å²) in [6.45, 7) is 7.74. The van der Waals surface area contributed by atoms with Crippen molar-refractivity contribution in [2.45, 2.75) is 83.4 Å². The summed E-state index contributed by atoms with van der Waals surface area (Å²) in [5.74, 6) is -3.71. The highest BCUT2D eigenvalue weighted by Crippen LogP contribution is 2.46. The van der Waals surface area contributed by atoms with Crippen LogP contribution < -0.4 is 19.5 Å². The number of alkyl halides is 2. The molecule has 0 spiro atoms. The Morgan fingerprint density at radius 3 is 2.07 bits per heavy atom. The Kier molecular flexibility index (Phi) is 11.6. The number of hydrogen-bond donors (Lipinski definition) is 3. The van der Waals surface area contributed by atoms with Gasteiger partial charge < -0.3 is 24.8 Å². The van der Waals surface area contributed by atoms with Gasteiger partial charge in [0.15, 0.2) is 0 Å². The molecule has 3 amide bonds. The minimum Gasteiger partial charge on any atom is -0.493 e. The SMILES string of the molecule is CCOc1cc(C(C)N(CCCCc2ccccc2)C(=O)NC2(C(=O)NS(C)(=O)=O)CC(F)(F)C2)cc(OCC)c1C(C)O. The molecule has 3 N–H and O–H groups in total. The molecule has 1 aliphatic carbocycles. The molecule has 1 fully saturated rings. The van der Waals surface area contributed by atoms with Crippen molar-refractivity contribution in [1.82, 2.24) is 14.9 Å². The van der Waals surface area contributed by atoms with Crippen molar-refractivity contribution >= 4 is 22.0 Å². The molecule has 3 rings (SSSR count). The second-order valence-corrected chi connectivity index (χ2v) is 13.0. The molecule has 0 aliphatic heterocycles. The molecule has 0 heterocycles. The first-order valence-electron chi connectivity index (χ1n) is 14.8. The molecule has 1 aliphatic rings. The van der Waals surface area contributed by atoms with Crippen molar-refractivity contribution in [3.63, 3.8) is 0 Å². The number of unbranched alkanes of at least 4 members (excludes halogenated alkanes) is 1. The summed E-state index contributed by atoms with van der Waals surface area (Å²) in [7, 11) is -4.07. The Morgan fingerprint density at radius 2 is 1.59 bits per heavy atom. The number of rotatable bonds is 15. The minimum atomic E-state index is -4.07. The zero-order valence-electron chi connectivity index (χ0n) is 25.9. The third-order valence-electron chi connectivity index (χ3n) is 7.49. The molecular formula is C31H43F2N3O7S. The van der Waals surface area contributed by atoms with Gasteiger partial charge in [0.05, 0.1) is 37.2 Å². The van der Waals surface area contributed by atoms with Crippen LogP contribution in [0.4, 0.5) is 13.6 Å². The van der Waals surface area contributed by atoms with Crippen molar-refractivity contribution < 1.29 is 41.4 Å². The molecule has 2 atom stereocenters. The number of halogens is 2. The van der Waals surface area contributed by atoms with Crippen molar-refractivity contribution in [1.29, 1.82) is 0 Å². The van der Waals surface area contributed by atoms with Gasteiger partial charge in [-0.1, -0.05) is 30.3 Å². The minimum absolute atomic E-state index is 0.200. The summed E-state index contributed by atoms with van der Waals surface area (Å²) in [4.78, 5) is 28.2. The van der Waals surface area contributed by atoms with Crippen LogP contribution in [0.25, 0.3) is 0 Å². The van der Waals surface area contributed by atoms with E-state index in [1.165, 1.54) is 4.90 Å². The Morgan fingerprint density at radius 1 is 1.02 bits per heavy atom. The number of aryl methyl sites for hydroxylation is 1. The van der Waals surface area contributed by atoms with Gasteiger partial charge in [0, 0.05) is 19.4 Å².